The smallest absolute Gasteiger partial charge is 0.166 e. The molecule has 2 aromatic rings. The monoisotopic (exact) mass is 377 g/mol. The second-order valence-corrected chi connectivity index (χ2v) is 6.18. The molecule has 0 fully saturated rings. The summed E-state index contributed by atoms with van der Waals surface area (Å²) in [5, 5.41) is 0.314. The van der Waals surface area contributed by atoms with E-state index in [0.717, 1.165) is 11.1 Å². The van der Waals surface area contributed by atoms with E-state index in [-0.39, 0.29) is 5.82 Å². The molecule has 2 rings (SSSR count). The lowest BCUT2D eigenvalue weighted by Gasteiger charge is -2.23. The molecular formula is C19H24FN3O2S. The van der Waals surface area contributed by atoms with Crippen LogP contribution in [-0.4, -0.2) is 36.8 Å². The summed E-state index contributed by atoms with van der Waals surface area (Å²) in [6, 6.07) is 12.1. The zero-order valence-electron chi connectivity index (χ0n) is 14.8. The molecule has 0 bridgehead atoms. The van der Waals surface area contributed by atoms with E-state index < -0.39 is 0 Å². The molecule has 0 aliphatic carbocycles. The minimum atomic E-state index is -0.246. The number of hydrogen-bond acceptors (Lipinski definition) is 4. The van der Waals surface area contributed by atoms with Crippen molar-refractivity contribution in [3.05, 3.63) is 59.4 Å². The molecule has 0 saturated heterocycles. The average Bonchev–Trinajstić information content (AvgIpc) is 2.64. The molecule has 0 spiro atoms. The van der Waals surface area contributed by atoms with Gasteiger partial charge >= 0.3 is 0 Å². The first kappa shape index (κ1) is 19.9. The maximum Gasteiger partial charge on any atom is 0.166 e. The van der Waals surface area contributed by atoms with E-state index in [1.165, 1.54) is 12.1 Å². The molecule has 0 aliphatic heterocycles. The molecule has 0 atom stereocenters. The quantitative estimate of drug-likeness (QED) is 0.654. The second kappa shape index (κ2) is 9.94. The van der Waals surface area contributed by atoms with Gasteiger partial charge in [0, 0.05) is 19.6 Å². The third kappa shape index (κ3) is 5.86. The van der Waals surface area contributed by atoms with Gasteiger partial charge in [0.1, 0.15) is 12.4 Å². The summed E-state index contributed by atoms with van der Waals surface area (Å²) in [5.41, 5.74) is 13.3. The van der Waals surface area contributed by atoms with E-state index in [2.05, 4.69) is 0 Å². The fraction of sp³-hybridized carbons (Fsp3) is 0.316. The first-order valence-corrected chi connectivity index (χ1v) is 8.73. The van der Waals surface area contributed by atoms with Crippen LogP contribution in [0, 0.1) is 5.82 Å². The van der Waals surface area contributed by atoms with Gasteiger partial charge in [-0.3, -0.25) is 0 Å². The van der Waals surface area contributed by atoms with Gasteiger partial charge in [-0.2, -0.15) is 0 Å². The van der Waals surface area contributed by atoms with Gasteiger partial charge in [-0.1, -0.05) is 18.2 Å². The Balaban J connectivity index is 2.04. The van der Waals surface area contributed by atoms with E-state index in [1.807, 2.05) is 23.1 Å². The molecule has 0 radical (unpaired) electrons. The Hall–Kier alpha value is -2.38. The predicted molar refractivity (Wildman–Crippen MR) is 105 cm³/mol. The van der Waals surface area contributed by atoms with Crippen LogP contribution in [0.5, 0.6) is 11.5 Å². The Kier molecular flexibility index (Phi) is 7.62. The van der Waals surface area contributed by atoms with E-state index in [0.29, 0.717) is 49.3 Å². The highest BCUT2D eigenvalue weighted by Crippen LogP contribution is 2.28. The first-order chi connectivity index (χ1) is 12.5. The van der Waals surface area contributed by atoms with Crippen LogP contribution in [0.4, 0.5) is 4.39 Å². The molecule has 0 aliphatic rings. The molecule has 0 saturated carbocycles. The van der Waals surface area contributed by atoms with E-state index >= 15 is 0 Å². The highest BCUT2D eigenvalue weighted by molar-refractivity contribution is 7.80. The van der Waals surface area contributed by atoms with Crippen molar-refractivity contribution < 1.29 is 13.9 Å². The number of hydrogen-bond donors (Lipinski definition) is 2. The normalized spacial score (nSPS) is 10.4. The van der Waals surface area contributed by atoms with Gasteiger partial charge in [-0.05, 0) is 54.0 Å². The van der Waals surface area contributed by atoms with Crippen molar-refractivity contribution in [3.8, 4) is 11.5 Å². The third-order valence-corrected chi connectivity index (χ3v) is 4.13. The number of halogens is 1. The van der Waals surface area contributed by atoms with E-state index in [4.69, 9.17) is 33.2 Å². The SMILES string of the molecule is COc1cc(CN(CCc2ccc(F)cc2)C(N)=S)ccc1OCCN. The molecule has 4 N–H and O–H groups in total. The fourth-order valence-electron chi connectivity index (χ4n) is 2.50. The minimum absolute atomic E-state index is 0.246. The number of nitrogens with zero attached hydrogens (tertiary/aromatic N) is 1. The highest BCUT2D eigenvalue weighted by Gasteiger charge is 2.11. The van der Waals surface area contributed by atoms with Crippen LogP contribution in [0.15, 0.2) is 42.5 Å². The maximum atomic E-state index is 13.0. The van der Waals surface area contributed by atoms with Crippen molar-refractivity contribution in [2.24, 2.45) is 11.5 Å². The standard InChI is InChI=1S/C19H24FN3O2S/c1-24-18-12-15(4-7-17(18)25-11-9-21)13-23(19(22)26)10-8-14-2-5-16(20)6-3-14/h2-7,12H,8-11,13,21H2,1H3,(H2,22,26). The molecule has 0 heterocycles. The third-order valence-electron chi connectivity index (χ3n) is 3.87. The first-order valence-electron chi connectivity index (χ1n) is 8.32. The summed E-state index contributed by atoms with van der Waals surface area (Å²) in [6.45, 7) is 2.04. The van der Waals surface area contributed by atoms with Gasteiger partial charge in [0.15, 0.2) is 16.6 Å². The van der Waals surface area contributed by atoms with Gasteiger partial charge in [0.2, 0.25) is 0 Å². The summed E-state index contributed by atoms with van der Waals surface area (Å²) in [7, 11) is 1.59. The molecule has 0 amide bonds. The van der Waals surface area contributed by atoms with Crippen LogP contribution < -0.4 is 20.9 Å². The Bertz CT molecular complexity index is 725. The number of thiocarbonyl (C=S) groups is 1. The van der Waals surface area contributed by atoms with Crippen LogP contribution in [0.2, 0.25) is 0 Å². The Labute approximate surface area is 158 Å². The summed E-state index contributed by atoms with van der Waals surface area (Å²) < 4.78 is 23.9. The Morgan fingerprint density at radius 3 is 2.42 bits per heavy atom. The van der Waals surface area contributed by atoms with Crippen molar-refractivity contribution in [2.75, 3.05) is 26.8 Å². The lowest BCUT2D eigenvalue weighted by molar-refractivity contribution is 0.302. The Morgan fingerprint density at radius 1 is 1.12 bits per heavy atom. The number of rotatable bonds is 9. The molecule has 0 aromatic heterocycles. The van der Waals surface area contributed by atoms with Crippen LogP contribution in [0.1, 0.15) is 11.1 Å². The van der Waals surface area contributed by atoms with Gasteiger partial charge in [-0.25, -0.2) is 4.39 Å². The molecule has 0 unspecified atom stereocenters. The number of methoxy groups -OCH3 is 1. The molecule has 7 heteroatoms. The molecule has 140 valence electrons. The Morgan fingerprint density at radius 2 is 1.81 bits per heavy atom. The van der Waals surface area contributed by atoms with Crippen molar-refractivity contribution in [3.63, 3.8) is 0 Å². The maximum absolute atomic E-state index is 13.0. The molecular weight excluding hydrogens is 353 g/mol. The van der Waals surface area contributed by atoms with Crippen molar-refractivity contribution in [1.29, 1.82) is 0 Å². The van der Waals surface area contributed by atoms with E-state index in [1.54, 1.807) is 19.2 Å². The number of nitrogens with two attached hydrogens (primary N) is 2. The topological polar surface area (TPSA) is 73.7 Å². The van der Waals surface area contributed by atoms with Gasteiger partial charge in [0.25, 0.3) is 0 Å². The van der Waals surface area contributed by atoms with Crippen LogP contribution in [0.25, 0.3) is 0 Å². The molecule has 2 aromatic carbocycles. The summed E-state index contributed by atoms with van der Waals surface area (Å²) in [4.78, 5) is 1.90. The zero-order valence-corrected chi connectivity index (χ0v) is 15.6. The van der Waals surface area contributed by atoms with Crippen molar-refractivity contribution in [1.82, 2.24) is 4.90 Å². The van der Waals surface area contributed by atoms with Crippen molar-refractivity contribution in [2.45, 2.75) is 13.0 Å². The predicted octanol–water partition coefficient (Wildman–Crippen LogP) is 2.46. The van der Waals surface area contributed by atoms with Gasteiger partial charge in [0.05, 0.1) is 7.11 Å². The second-order valence-electron chi connectivity index (χ2n) is 5.76. The fourth-order valence-corrected chi connectivity index (χ4v) is 2.66. The summed E-state index contributed by atoms with van der Waals surface area (Å²) >= 11 is 5.17. The summed E-state index contributed by atoms with van der Waals surface area (Å²) in [5.74, 6) is 1.04. The van der Waals surface area contributed by atoms with Gasteiger partial charge < -0.3 is 25.8 Å². The number of benzene rings is 2. The molecule has 5 nitrogen and oxygen atoms in total. The zero-order chi connectivity index (χ0) is 18.9. The summed E-state index contributed by atoms with van der Waals surface area (Å²) in [6.07, 6.45) is 0.715. The molecule has 26 heavy (non-hydrogen) atoms. The largest absolute Gasteiger partial charge is 0.493 e. The van der Waals surface area contributed by atoms with Crippen LogP contribution in [0.3, 0.4) is 0 Å². The van der Waals surface area contributed by atoms with Crippen LogP contribution >= 0.6 is 12.2 Å². The van der Waals surface area contributed by atoms with Crippen LogP contribution in [-0.2, 0) is 13.0 Å². The van der Waals surface area contributed by atoms with E-state index in [9.17, 15) is 4.39 Å². The van der Waals surface area contributed by atoms with Crippen molar-refractivity contribution >= 4 is 17.3 Å². The minimum Gasteiger partial charge on any atom is -0.493 e. The average molecular weight is 377 g/mol. The lowest BCUT2D eigenvalue weighted by Crippen LogP contribution is -2.36. The van der Waals surface area contributed by atoms with Gasteiger partial charge in [-0.15, -0.1) is 0 Å². The number of ether oxygens (including phenoxy) is 2. The lowest BCUT2D eigenvalue weighted by atomic mass is 10.1. The highest BCUT2D eigenvalue weighted by atomic mass is 32.1.